The van der Waals surface area contributed by atoms with Gasteiger partial charge >= 0.3 is 7.60 Å². The molecule has 0 aliphatic heterocycles. The molecule has 0 saturated carbocycles. The smallest absolute Gasteiger partial charge is 0.330 e. The monoisotopic (exact) mass is 249 g/mol. The van der Waals surface area contributed by atoms with Gasteiger partial charge in [0.25, 0.3) is 0 Å². The van der Waals surface area contributed by atoms with Gasteiger partial charge in [-0.2, -0.15) is 0 Å². The first kappa shape index (κ1) is 15.4. The van der Waals surface area contributed by atoms with Gasteiger partial charge in [0.15, 0.2) is 0 Å². The molecule has 0 radical (unpaired) electrons. The molecule has 1 unspecified atom stereocenters. The highest BCUT2D eigenvalue weighted by Crippen LogP contribution is 2.43. The highest BCUT2D eigenvalue weighted by atomic mass is 31.2. The second-order valence-electron chi connectivity index (χ2n) is 3.88. The molecule has 0 bridgehead atoms. The Bertz CT molecular complexity index is 297. The van der Waals surface area contributed by atoms with Crippen molar-refractivity contribution in [3.63, 3.8) is 0 Å². The zero-order valence-corrected chi connectivity index (χ0v) is 10.7. The van der Waals surface area contributed by atoms with Crippen LogP contribution in [0.15, 0.2) is 12.2 Å². The quantitative estimate of drug-likeness (QED) is 0.470. The first-order chi connectivity index (χ1) is 7.29. The van der Waals surface area contributed by atoms with Crippen molar-refractivity contribution in [3.8, 4) is 0 Å². The van der Waals surface area contributed by atoms with Crippen molar-refractivity contribution in [1.29, 1.82) is 0 Å². The Hall–Kier alpha value is -0.640. The van der Waals surface area contributed by atoms with Crippen molar-refractivity contribution in [2.45, 2.75) is 38.8 Å². The van der Waals surface area contributed by atoms with Crippen LogP contribution in [0.5, 0.6) is 0 Å². The molecule has 0 heterocycles. The van der Waals surface area contributed by atoms with Crippen LogP contribution in [0.2, 0.25) is 0 Å². The number of rotatable bonds is 7. The van der Waals surface area contributed by atoms with E-state index in [0.29, 0.717) is 12.0 Å². The summed E-state index contributed by atoms with van der Waals surface area (Å²) in [5.74, 6) is -0.366. The molecule has 0 aliphatic rings. The van der Waals surface area contributed by atoms with Gasteiger partial charge in [0.1, 0.15) is 0 Å². The van der Waals surface area contributed by atoms with E-state index in [1.807, 2.05) is 6.92 Å². The Morgan fingerprint density at radius 1 is 1.50 bits per heavy atom. The summed E-state index contributed by atoms with van der Waals surface area (Å²) in [5, 5.41) is 2.47. The molecule has 0 saturated heterocycles. The Morgan fingerprint density at radius 3 is 2.44 bits per heavy atom. The molecule has 0 aromatic carbocycles. The topological polar surface area (TPSA) is 86.6 Å². The van der Waals surface area contributed by atoms with Crippen LogP contribution in [0, 0.1) is 0 Å². The lowest BCUT2D eigenvalue weighted by atomic mass is 10.2. The van der Waals surface area contributed by atoms with E-state index < -0.39 is 13.3 Å². The number of hydrogen-bond donors (Lipinski definition) is 3. The first-order valence-electron chi connectivity index (χ1n) is 5.28. The standard InChI is InChI=1S/C10H20NO4P/c1-4-5-6-9(16(13,14)15)7-11-10(12)8(2)3/h9H,2,4-7H2,1,3H3,(H,11,12)(H2,13,14,15). The van der Waals surface area contributed by atoms with Gasteiger partial charge in [-0.1, -0.05) is 26.3 Å². The van der Waals surface area contributed by atoms with E-state index in [9.17, 15) is 9.36 Å². The minimum absolute atomic E-state index is 0.00400. The van der Waals surface area contributed by atoms with Gasteiger partial charge in [-0.05, 0) is 13.3 Å². The van der Waals surface area contributed by atoms with E-state index in [4.69, 9.17) is 9.79 Å². The van der Waals surface area contributed by atoms with Crippen LogP contribution in [-0.4, -0.2) is 27.9 Å². The fourth-order valence-corrected chi connectivity index (χ4v) is 2.04. The van der Waals surface area contributed by atoms with Crippen molar-refractivity contribution >= 4 is 13.5 Å². The Labute approximate surface area is 96.1 Å². The van der Waals surface area contributed by atoms with Crippen molar-refractivity contribution < 1.29 is 19.1 Å². The lowest BCUT2D eigenvalue weighted by molar-refractivity contribution is -0.117. The normalized spacial score (nSPS) is 13.2. The molecule has 1 amide bonds. The van der Waals surface area contributed by atoms with E-state index in [-0.39, 0.29) is 12.5 Å². The van der Waals surface area contributed by atoms with Gasteiger partial charge in [-0.25, -0.2) is 0 Å². The maximum absolute atomic E-state index is 11.2. The van der Waals surface area contributed by atoms with Gasteiger partial charge in [0.2, 0.25) is 5.91 Å². The Balaban J connectivity index is 4.28. The number of unbranched alkanes of at least 4 members (excludes halogenated alkanes) is 1. The predicted octanol–water partition coefficient (Wildman–Crippen LogP) is 1.42. The average molecular weight is 249 g/mol. The molecule has 0 spiro atoms. The maximum atomic E-state index is 11.2. The van der Waals surface area contributed by atoms with Crippen molar-refractivity contribution in [2.75, 3.05) is 6.54 Å². The maximum Gasteiger partial charge on any atom is 0.330 e. The van der Waals surface area contributed by atoms with Crippen LogP contribution < -0.4 is 5.32 Å². The summed E-state index contributed by atoms with van der Waals surface area (Å²) in [6, 6.07) is 0. The van der Waals surface area contributed by atoms with E-state index in [2.05, 4.69) is 11.9 Å². The van der Waals surface area contributed by atoms with Gasteiger partial charge in [-0.15, -0.1) is 0 Å². The molecule has 16 heavy (non-hydrogen) atoms. The van der Waals surface area contributed by atoms with Crippen LogP contribution in [-0.2, 0) is 9.36 Å². The van der Waals surface area contributed by atoms with E-state index >= 15 is 0 Å². The van der Waals surface area contributed by atoms with Crippen LogP contribution in [0.4, 0.5) is 0 Å². The lowest BCUT2D eigenvalue weighted by Crippen LogP contribution is -2.32. The highest BCUT2D eigenvalue weighted by molar-refractivity contribution is 7.52. The van der Waals surface area contributed by atoms with E-state index in [1.54, 1.807) is 6.92 Å². The van der Waals surface area contributed by atoms with Crippen molar-refractivity contribution in [3.05, 3.63) is 12.2 Å². The molecule has 0 rings (SSSR count). The highest BCUT2D eigenvalue weighted by Gasteiger charge is 2.28. The molecule has 0 aromatic heterocycles. The Morgan fingerprint density at radius 2 is 2.06 bits per heavy atom. The molecule has 3 N–H and O–H groups in total. The summed E-state index contributed by atoms with van der Waals surface area (Å²) in [7, 11) is -4.14. The summed E-state index contributed by atoms with van der Waals surface area (Å²) in [4.78, 5) is 29.4. The van der Waals surface area contributed by atoms with Crippen LogP contribution in [0.3, 0.4) is 0 Å². The molecule has 94 valence electrons. The number of amides is 1. The minimum atomic E-state index is -4.14. The molecule has 0 fully saturated rings. The fourth-order valence-electron chi connectivity index (χ4n) is 1.19. The summed E-state index contributed by atoms with van der Waals surface area (Å²) in [6.07, 6.45) is 2.01. The molecule has 5 nitrogen and oxygen atoms in total. The number of carbonyl (C=O) groups is 1. The largest absolute Gasteiger partial charge is 0.351 e. The zero-order chi connectivity index (χ0) is 12.8. The summed E-state index contributed by atoms with van der Waals surface area (Å²) in [5.41, 5.74) is -0.462. The SMILES string of the molecule is C=C(C)C(=O)NCC(CCCC)P(=O)(O)O. The molecular weight excluding hydrogens is 229 g/mol. The van der Waals surface area contributed by atoms with Gasteiger partial charge < -0.3 is 15.1 Å². The third kappa shape index (κ3) is 6.05. The number of carbonyl (C=O) groups excluding carboxylic acids is 1. The lowest BCUT2D eigenvalue weighted by Gasteiger charge is -2.18. The van der Waals surface area contributed by atoms with E-state index in [1.165, 1.54) is 0 Å². The zero-order valence-electron chi connectivity index (χ0n) is 9.77. The van der Waals surface area contributed by atoms with Gasteiger partial charge in [0, 0.05) is 12.1 Å². The van der Waals surface area contributed by atoms with Crippen molar-refractivity contribution in [2.24, 2.45) is 0 Å². The molecule has 0 aliphatic carbocycles. The molecule has 1 atom stereocenters. The second kappa shape index (κ2) is 6.84. The molecule has 6 heteroatoms. The number of nitrogens with one attached hydrogen (secondary N) is 1. The third-order valence-corrected chi connectivity index (χ3v) is 3.64. The summed E-state index contributed by atoms with van der Waals surface area (Å²) in [6.45, 7) is 6.94. The molecular formula is C10H20NO4P. The summed E-state index contributed by atoms with van der Waals surface area (Å²) >= 11 is 0. The number of hydrogen-bond acceptors (Lipinski definition) is 2. The van der Waals surface area contributed by atoms with E-state index in [0.717, 1.165) is 12.8 Å². The average Bonchev–Trinajstić information content (AvgIpc) is 2.15. The van der Waals surface area contributed by atoms with Crippen molar-refractivity contribution in [1.82, 2.24) is 5.32 Å². The predicted molar refractivity (Wildman–Crippen MR) is 63.2 cm³/mol. The minimum Gasteiger partial charge on any atom is -0.351 e. The van der Waals surface area contributed by atoms with Gasteiger partial charge in [0.05, 0.1) is 5.66 Å². The second-order valence-corrected chi connectivity index (χ2v) is 5.78. The van der Waals surface area contributed by atoms with Crippen LogP contribution in [0.1, 0.15) is 33.1 Å². The molecule has 0 aromatic rings. The third-order valence-electron chi connectivity index (χ3n) is 2.25. The van der Waals surface area contributed by atoms with Crippen LogP contribution >= 0.6 is 7.60 Å². The fraction of sp³-hybridized carbons (Fsp3) is 0.700. The first-order valence-corrected chi connectivity index (χ1v) is 6.96. The van der Waals surface area contributed by atoms with Gasteiger partial charge in [-0.3, -0.25) is 9.36 Å². The Kier molecular flexibility index (Phi) is 6.56. The summed E-state index contributed by atoms with van der Waals surface area (Å²) < 4.78 is 11.1. The van der Waals surface area contributed by atoms with Crippen LogP contribution in [0.25, 0.3) is 0 Å².